The highest BCUT2D eigenvalue weighted by Crippen LogP contribution is 2.23. The molecular weight excluding hydrogens is 1070 g/mol. The van der Waals surface area contributed by atoms with E-state index in [1.807, 2.05) is 6.08 Å². The van der Waals surface area contributed by atoms with Crippen LogP contribution in [0.1, 0.15) is 367 Å². The molecule has 0 aromatic heterocycles. The molecule has 11 nitrogen and oxygen atoms in total. The Balaban J connectivity index is 1.89. The number of carbonyl (C=O) groups excluding carboxylic acids is 2. The second-order valence-electron chi connectivity index (χ2n) is 26.0. The Hall–Kier alpha value is -2.12. The van der Waals surface area contributed by atoms with Crippen LogP contribution in [0.15, 0.2) is 36.5 Å². The molecule has 0 bridgehead atoms. The van der Waals surface area contributed by atoms with E-state index in [0.29, 0.717) is 19.4 Å². The lowest BCUT2D eigenvalue weighted by Gasteiger charge is -2.40. The van der Waals surface area contributed by atoms with Crippen molar-refractivity contribution in [3.8, 4) is 0 Å². The number of carbonyl (C=O) groups is 2. The van der Waals surface area contributed by atoms with Crippen LogP contribution in [0.5, 0.6) is 0 Å². The van der Waals surface area contributed by atoms with E-state index in [4.69, 9.17) is 14.2 Å². The molecular formula is C75H141NO10. The third kappa shape index (κ3) is 52.6. The number of unbranched alkanes of at least 4 members (excludes halogenated alkanes) is 48. The predicted molar refractivity (Wildman–Crippen MR) is 361 cm³/mol. The Labute approximate surface area is 530 Å². The molecule has 7 unspecified atom stereocenters. The smallest absolute Gasteiger partial charge is 0.305 e. The van der Waals surface area contributed by atoms with Crippen molar-refractivity contribution in [1.82, 2.24) is 5.32 Å². The minimum Gasteiger partial charge on any atom is -0.466 e. The van der Waals surface area contributed by atoms with Gasteiger partial charge in [-0.05, 0) is 64.2 Å². The molecule has 506 valence electrons. The first-order chi connectivity index (χ1) is 42.2. The molecule has 0 spiro atoms. The van der Waals surface area contributed by atoms with Gasteiger partial charge in [0.25, 0.3) is 0 Å². The minimum absolute atomic E-state index is 0.0127. The number of hydrogen-bond donors (Lipinski definition) is 6. The topological polar surface area (TPSA) is 175 Å². The Kier molecular flexibility index (Phi) is 61.3. The van der Waals surface area contributed by atoms with E-state index >= 15 is 0 Å². The lowest BCUT2D eigenvalue weighted by Crippen LogP contribution is -2.60. The highest BCUT2D eigenvalue weighted by Gasteiger charge is 2.44. The normalized spacial score (nSPS) is 18.1. The van der Waals surface area contributed by atoms with Gasteiger partial charge in [0, 0.05) is 12.8 Å². The summed E-state index contributed by atoms with van der Waals surface area (Å²) in [7, 11) is 0. The van der Waals surface area contributed by atoms with Gasteiger partial charge < -0.3 is 45.1 Å². The maximum absolute atomic E-state index is 13.0. The summed E-state index contributed by atoms with van der Waals surface area (Å²) in [4.78, 5) is 25.1. The molecule has 1 fully saturated rings. The molecule has 1 aliphatic heterocycles. The van der Waals surface area contributed by atoms with E-state index in [2.05, 4.69) is 43.5 Å². The summed E-state index contributed by atoms with van der Waals surface area (Å²) in [6, 6.07) is -0.807. The molecule has 0 aromatic rings. The lowest BCUT2D eigenvalue weighted by atomic mass is 9.99. The number of amides is 1. The van der Waals surface area contributed by atoms with E-state index in [-0.39, 0.29) is 18.5 Å². The number of allylic oxidation sites excluding steroid dienone is 5. The fraction of sp³-hybridized carbons (Fsp3) is 0.893. The lowest BCUT2D eigenvalue weighted by molar-refractivity contribution is -0.302. The molecule has 0 radical (unpaired) electrons. The van der Waals surface area contributed by atoms with E-state index in [9.17, 15) is 35.1 Å². The Morgan fingerprint density at radius 2 is 0.779 bits per heavy atom. The zero-order chi connectivity index (χ0) is 62.3. The summed E-state index contributed by atoms with van der Waals surface area (Å²) in [6.45, 7) is 4.35. The maximum Gasteiger partial charge on any atom is 0.305 e. The number of esters is 1. The number of aliphatic hydroxyl groups excluding tert-OH is 5. The van der Waals surface area contributed by atoms with Crippen LogP contribution in [0, 0.1) is 0 Å². The van der Waals surface area contributed by atoms with Gasteiger partial charge in [-0.15, -0.1) is 0 Å². The van der Waals surface area contributed by atoms with E-state index in [0.717, 1.165) is 57.8 Å². The molecule has 0 aromatic carbocycles. The van der Waals surface area contributed by atoms with Gasteiger partial charge in [0.2, 0.25) is 5.91 Å². The highest BCUT2D eigenvalue weighted by molar-refractivity contribution is 5.76. The van der Waals surface area contributed by atoms with Crippen LogP contribution in [0.4, 0.5) is 0 Å². The number of aliphatic hydroxyl groups is 5. The molecule has 1 saturated heterocycles. The van der Waals surface area contributed by atoms with Gasteiger partial charge in [-0.25, -0.2) is 0 Å². The summed E-state index contributed by atoms with van der Waals surface area (Å²) in [6.07, 6.45) is 73.2. The first kappa shape index (κ1) is 81.9. The zero-order valence-corrected chi connectivity index (χ0v) is 56.3. The summed E-state index contributed by atoms with van der Waals surface area (Å²) < 4.78 is 16.7. The van der Waals surface area contributed by atoms with Crippen molar-refractivity contribution >= 4 is 11.9 Å². The summed E-state index contributed by atoms with van der Waals surface area (Å²) in [5, 5.41) is 54.3. The highest BCUT2D eigenvalue weighted by atomic mass is 16.7. The standard InChI is InChI=1S/C75H141NO10/c1-3-5-7-9-11-13-14-15-40-43-47-51-55-59-63-71(80)84-64-60-56-52-48-44-41-38-36-34-32-30-28-26-24-22-20-18-16-17-19-21-23-25-27-29-31-33-35-37-39-42-46-50-54-58-62-70(79)76-67(68(78)61-57-53-49-45-12-10-8-6-4-2)66-85-75-74(83)73(82)72(81)69(65-77)86-75/h18,20,24,26,57,61,67-69,72-75,77-78,81-83H,3-17,19,21-23,25,27-56,58-60,62-66H2,1-2H3,(H,76,79)/b20-18-,26-24-,61-57+. The van der Waals surface area contributed by atoms with Crippen LogP contribution in [0.2, 0.25) is 0 Å². The molecule has 7 atom stereocenters. The fourth-order valence-corrected chi connectivity index (χ4v) is 11.9. The second kappa shape index (κ2) is 64.4. The van der Waals surface area contributed by atoms with Crippen molar-refractivity contribution in [3.05, 3.63) is 36.5 Å². The zero-order valence-electron chi connectivity index (χ0n) is 56.3. The Morgan fingerprint density at radius 1 is 0.430 bits per heavy atom. The van der Waals surface area contributed by atoms with Crippen LogP contribution in [0.25, 0.3) is 0 Å². The van der Waals surface area contributed by atoms with Gasteiger partial charge in [0.15, 0.2) is 6.29 Å². The van der Waals surface area contributed by atoms with Crippen molar-refractivity contribution in [2.24, 2.45) is 0 Å². The molecule has 1 aliphatic rings. The SMILES string of the molecule is CCCCCCCCC/C=C/C(O)C(COC1OC(CO)C(O)C(O)C1O)NC(=O)CCCCCCCCCCCCCCCCCCC/C=C\C/C=C\CCCCCCCCCCCCCOC(=O)CCCCCCCCCCCCCCCC. The van der Waals surface area contributed by atoms with Crippen LogP contribution in [-0.2, 0) is 23.8 Å². The van der Waals surface area contributed by atoms with Crippen molar-refractivity contribution in [3.63, 3.8) is 0 Å². The van der Waals surface area contributed by atoms with Crippen molar-refractivity contribution < 1.29 is 49.3 Å². The molecule has 0 aliphatic carbocycles. The molecule has 0 saturated carbocycles. The average Bonchev–Trinajstić information content (AvgIpc) is 2.21. The molecule has 86 heavy (non-hydrogen) atoms. The van der Waals surface area contributed by atoms with E-state index in [1.165, 1.54) is 283 Å². The summed E-state index contributed by atoms with van der Waals surface area (Å²) >= 11 is 0. The van der Waals surface area contributed by atoms with Gasteiger partial charge in [0.05, 0.1) is 32.0 Å². The quantitative estimate of drug-likeness (QED) is 0.0195. The van der Waals surface area contributed by atoms with Crippen molar-refractivity contribution in [2.45, 2.75) is 410 Å². The second-order valence-corrected chi connectivity index (χ2v) is 26.0. The number of ether oxygens (including phenoxy) is 3. The van der Waals surface area contributed by atoms with Crippen LogP contribution < -0.4 is 5.32 Å². The maximum atomic E-state index is 13.0. The first-order valence-corrected chi connectivity index (χ1v) is 37.3. The number of nitrogens with one attached hydrogen (secondary N) is 1. The molecule has 1 amide bonds. The molecule has 1 rings (SSSR count). The predicted octanol–water partition coefficient (Wildman–Crippen LogP) is 19.4. The van der Waals surface area contributed by atoms with Gasteiger partial charge >= 0.3 is 5.97 Å². The van der Waals surface area contributed by atoms with Crippen LogP contribution in [0.3, 0.4) is 0 Å². The van der Waals surface area contributed by atoms with E-state index < -0.39 is 49.5 Å². The summed E-state index contributed by atoms with van der Waals surface area (Å²) in [5.74, 6) is -0.167. The van der Waals surface area contributed by atoms with Gasteiger partial charge in [-0.3, -0.25) is 9.59 Å². The monoisotopic (exact) mass is 1220 g/mol. The summed E-state index contributed by atoms with van der Waals surface area (Å²) in [5.41, 5.74) is 0. The Bertz CT molecular complexity index is 1520. The van der Waals surface area contributed by atoms with Crippen molar-refractivity contribution in [1.29, 1.82) is 0 Å². The largest absolute Gasteiger partial charge is 0.466 e. The van der Waals surface area contributed by atoms with Crippen LogP contribution in [-0.4, -0.2) is 100 Å². The number of rotatable bonds is 66. The molecule has 1 heterocycles. The number of hydrogen-bond acceptors (Lipinski definition) is 10. The average molecular weight is 1220 g/mol. The minimum atomic E-state index is -1.57. The van der Waals surface area contributed by atoms with Crippen molar-refractivity contribution in [2.75, 3.05) is 19.8 Å². The van der Waals surface area contributed by atoms with E-state index in [1.54, 1.807) is 6.08 Å². The third-order valence-electron chi connectivity index (χ3n) is 17.7. The van der Waals surface area contributed by atoms with Crippen LogP contribution >= 0.6 is 0 Å². The molecule has 6 N–H and O–H groups in total. The van der Waals surface area contributed by atoms with Gasteiger partial charge in [-0.2, -0.15) is 0 Å². The van der Waals surface area contributed by atoms with Gasteiger partial charge in [-0.1, -0.05) is 326 Å². The molecule has 11 heteroatoms. The Morgan fingerprint density at radius 3 is 1.17 bits per heavy atom. The third-order valence-corrected chi connectivity index (χ3v) is 17.7. The first-order valence-electron chi connectivity index (χ1n) is 37.3. The fourth-order valence-electron chi connectivity index (χ4n) is 11.9. The van der Waals surface area contributed by atoms with Gasteiger partial charge in [0.1, 0.15) is 24.4 Å².